The summed E-state index contributed by atoms with van der Waals surface area (Å²) in [6.45, 7) is 4.04. The average Bonchev–Trinajstić information content (AvgIpc) is 3.56. The maximum atomic E-state index is 12.3. The van der Waals surface area contributed by atoms with E-state index < -0.39 is 17.3 Å². The van der Waals surface area contributed by atoms with Crippen molar-refractivity contribution in [2.24, 2.45) is 0 Å². The molecule has 4 unspecified atom stereocenters. The molecule has 0 spiro atoms. The molecule has 4 atom stereocenters. The second kappa shape index (κ2) is 9.38. The molecule has 3 aliphatic rings. The van der Waals surface area contributed by atoms with Gasteiger partial charge in [-0.1, -0.05) is 54.1 Å². The van der Waals surface area contributed by atoms with E-state index in [1.54, 1.807) is 12.1 Å². The van der Waals surface area contributed by atoms with E-state index in [1.807, 2.05) is 60.7 Å². The first kappa shape index (κ1) is 23.8. The molecule has 6 heteroatoms. The molecular weight excluding hydrogens is 474 g/mol. The van der Waals surface area contributed by atoms with Crippen molar-refractivity contribution >= 4 is 11.6 Å². The molecule has 1 aliphatic carbocycles. The van der Waals surface area contributed by atoms with E-state index in [0.29, 0.717) is 35.1 Å². The third kappa shape index (κ3) is 3.72. The van der Waals surface area contributed by atoms with Gasteiger partial charge in [0, 0.05) is 29.1 Å². The number of ether oxygens (including phenoxy) is 2. The SMILES string of the molecule is OC1CC(c2ccccc2)C2(c3ccc(Cl)cc3)Oc3cc(OCCCN4CCCC4)ccc3C12O. The van der Waals surface area contributed by atoms with Crippen LogP contribution in [0.1, 0.15) is 48.3 Å². The normalized spacial score (nSPS) is 29.1. The van der Waals surface area contributed by atoms with Gasteiger partial charge in [-0.2, -0.15) is 0 Å². The van der Waals surface area contributed by atoms with Gasteiger partial charge in [0.25, 0.3) is 0 Å². The van der Waals surface area contributed by atoms with Crippen LogP contribution in [0.5, 0.6) is 11.5 Å². The lowest BCUT2D eigenvalue weighted by atomic mass is 9.71. The van der Waals surface area contributed by atoms with Crippen LogP contribution in [0.2, 0.25) is 5.02 Å². The van der Waals surface area contributed by atoms with Crippen LogP contribution in [-0.2, 0) is 11.2 Å². The fourth-order valence-corrected chi connectivity index (χ4v) is 6.61. The minimum Gasteiger partial charge on any atom is -0.493 e. The fourth-order valence-electron chi connectivity index (χ4n) is 6.48. The molecule has 2 N–H and O–H groups in total. The van der Waals surface area contributed by atoms with Crippen LogP contribution >= 0.6 is 11.6 Å². The lowest BCUT2D eigenvalue weighted by molar-refractivity contribution is -0.149. The highest BCUT2D eigenvalue weighted by molar-refractivity contribution is 6.30. The second-order valence-electron chi connectivity index (χ2n) is 10.2. The number of halogens is 1. The summed E-state index contributed by atoms with van der Waals surface area (Å²) in [4.78, 5) is 2.48. The fraction of sp³-hybridized carbons (Fsp3) is 0.400. The number of rotatable bonds is 7. The summed E-state index contributed by atoms with van der Waals surface area (Å²) in [5, 5.41) is 24.3. The summed E-state index contributed by atoms with van der Waals surface area (Å²) in [7, 11) is 0. The molecule has 2 aliphatic heterocycles. The number of aliphatic hydroxyl groups excluding tert-OH is 1. The van der Waals surface area contributed by atoms with Crippen LogP contribution in [-0.4, -0.2) is 47.5 Å². The van der Waals surface area contributed by atoms with E-state index in [2.05, 4.69) is 4.90 Å². The predicted octanol–water partition coefficient (Wildman–Crippen LogP) is 5.23. The summed E-state index contributed by atoms with van der Waals surface area (Å²) in [6, 6.07) is 22.9. The van der Waals surface area contributed by atoms with Crippen LogP contribution in [0.25, 0.3) is 0 Å². The molecule has 2 fully saturated rings. The minimum atomic E-state index is -1.62. The molecule has 6 rings (SSSR count). The third-order valence-corrected chi connectivity index (χ3v) is 8.45. The van der Waals surface area contributed by atoms with Crippen LogP contribution in [0.4, 0.5) is 0 Å². The first-order chi connectivity index (χ1) is 17.5. The van der Waals surface area contributed by atoms with Crippen molar-refractivity contribution in [2.75, 3.05) is 26.2 Å². The van der Waals surface area contributed by atoms with Gasteiger partial charge < -0.3 is 24.6 Å². The standard InChI is InChI=1S/C30H32ClNO4/c31-23-11-9-22(10-12-23)30-26(21-7-2-1-3-8-21)20-28(33)29(30,34)25-14-13-24(19-27(25)36-30)35-18-6-17-32-15-4-5-16-32/h1-3,7-14,19,26,28,33-34H,4-6,15-18,20H2. The first-order valence-corrected chi connectivity index (χ1v) is 13.3. The van der Waals surface area contributed by atoms with Gasteiger partial charge in [0.2, 0.25) is 0 Å². The van der Waals surface area contributed by atoms with E-state index >= 15 is 0 Å². The van der Waals surface area contributed by atoms with Gasteiger partial charge in [-0.15, -0.1) is 0 Å². The Kier molecular flexibility index (Phi) is 6.21. The van der Waals surface area contributed by atoms with Crippen molar-refractivity contribution in [1.29, 1.82) is 0 Å². The summed E-state index contributed by atoms with van der Waals surface area (Å²) >= 11 is 6.22. The number of aliphatic hydroxyl groups is 2. The Balaban J connectivity index is 1.34. The topological polar surface area (TPSA) is 62.2 Å². The van der Waals surface area contributed by atoms with Gasteiger partial charge in [0.15, 0.2) is 11.2 Å². The van der Waals surface area contributed by atoms with Crippen LogP contribution < -0.4 is 9.47 Å². The summed E-state index contributed by atoms with van der Waals surface area (Å²) in [6.07, 6.45) is 2.91. The zero-order chi connectivity index (χ0) is 24.8. The molecule has 3 aromatic carbocycles. The molecule has 0 aromatic heterocycles. The van der Waals surface area contributed by atoms with Gasteiger partial charge in [-0.3, -0.25) is 0 Å². The lowest BCUT2D eigenvalue weighted by Gasteiger charge is -2.40. The summed E-state index contributed by atoms with van der Waals surface area (Å²) in [5.74, 6) is 0.983. The molecular formula is C30H32ClNO4. The molecule has 0 bridgehead atoms. The Labute approximate surface area is 217 Å². The van der Waals surface area contributed by atoms with Crippen molar-refractivity contribution in [3.05, 3.63) is 94.5 Å². The molecule has 0 amide bonds. The van der Waals surface area contributed by atoms with E-state index in [1.165, 1.54) is 25.9 Å². The van der Waals surface area contributed by atoms with Crippen molar-refractivity contribution in [3.8, 4) is 11.5 Å². The average molecular weight is 506 g/mol. The summed E-state index contributed by atoms with van der Waals surface area (Å²) in [5.41, 5.74) is -0.439. The number of nitrogens with zero attached hydrogens (tertiary/aromatic N) is 1. The van der Waals surface area contributed by atoms with E-state index in [-0.39, 0.29) is 5.92 Å². The lowest BCUT2D eigenvalue weighted by Crippen LogP contribution is -2.51. The maximum absolute atomic E-state index is 12.3. The third-order valence-electron chi connectivity index (χ3n) is 8.19. The molecule has 36 heavy (non-hydrogen) atoms. The van der Waals surface area contributed by atoms with Gasteiger partial charge in [-0.05, 0) is 74.2 Å². The molecule has 5 nitrogen and oxygen atoms in total. The van der Waals surface area contributed by atoms with E-state index in [4.69, 9.17) is 21.1 Å². The smallest absolute Gasteiger partial charge is 0.176 e. The first-order valence-electron chi connectivity index (χ1n) is 12.9. The molecule has 0 radical (unpaired) electrons. The zero-order valence-corrected chi connectivity index (χ0v) is 21.0. The molecule has 1 saturated heterocycles. The van der Waals surface area contributed by atoms with Gasteiger partial charge >= 0.3 is 0 Å². The number of hydrogen-bond acceptors (Lipinski definition) is 5. The zero-order valence-electron chi connectivity index (χ0n) is 20.3. The monoisotopic (exact) mass is 505 g/mol. The number of benzene rings is 3. The largest absolute Gasteiger partial charge is 0.493 e. The van der Waals surface area contributed by atoms with Crippen LogP contribution in [0, 0.1) is 0 Å². The van der Waals surface area contributed by atoms with Crippen LogP contribution in [0.3, 0.4) is 0 Å². The highest BCUT2D eigenvalue weighted by atomic mass is 35.5. The van der Waals surface area contributed by atoms with E-state index in [9.17, 15) is 10.2 Å². The quantitative estimate of drug-likeness (QED) is 0.431. The number of likely N-dealkylation sites (tertiary alicyclic amines) is 1. The van der Waals surface area contributed by atoms with E-state index in [0.717, 1.165) is 24.1 Å². The molecule has 188 valence electrons. The summed E-state index contributed by atoms with van der Waals surface area (Å²) < 4.78 is 12.8. The molecule has 2 heterocycles. The van der Waals surface area contributed by atoms with Crippen LogP contribution in [0.15, 0.2) is 72.8 Å². The van der Waals surface area contributed by atoms with Crippen molar-refractivity contribution in [3.63, 3.8) is 0 Å². The Morgan fingerprint density at radius 3 is 2.50 bits per heavy atom. The highest BCUT2D eigenvalue weighted by Crippen LogP contribution is 2.66. The van der Waals surface area contributed by atoms with Crippen molar-refractivity contribution in [2.45, 2.75) is 48.9 Å². The Morgan fingerprint density at radius 1 is 1.00 bits per heavy atom. The predicted molar refractivity (Wildman–Crippen MR) is 140 cm³/mol. The van der Waals surface area contributed by atoms with Crippen molar-refractivity contribution < 1.29 is 19.7 Å². The molecule has 1 saturated carbocycles. The minimum absolute atomic E-state index is 0.267. The Morgan fingerprint density at radius 2 is 1.75 bits per heavy atom. The Hall–Kier alpha value is -2.57. The number of fused-ring (bicyclic) bond motifs is 3. The van der Waals surface area contributed by atoms with Gasteiger partial charge in [0.05, 0.1) is 12.7 Å². The second-order valence-corrected chi connectivity index (χ2v) is 10.7. The highest BCUT2D eigenvalue weighted by Gasteiger charge is 2.72. The van der Waals surface area contributed by atoms with Crippen molar-refractivity contribution in [1.82, 2.24) is 4.90 Å². The molecule has 3 aromatic rings. The van der Waals surface area contributed by atoms with Gasteiger partial charge in [-0.25, -0.2) is 0 Å². The Bertz CT molecular complexity index is 1210. The number of hydrogen-bond donors (Lipinski definition) is 2. The maximum Gasteiger partial charge on any atom is 0.176 e. The van der Waals surface area contributed by atoms with Gasteiger partial charge in [0.1, 0.15) is 11.5 Å².